The van der Waals surface area contributed by atoms with E-state index in [-0.39, 0.29) is 43.5 Å². The van der Waals surface area contributed by atoms with Crippen LogP contribution in [0, 0.1) is 5.38 Å². The van der Waals surface area contributed by atoms with Gasteiger partial charge in [0.05, 0.1) is 5.03 Å². The van der Waals surface area contributed by atoms with Gasteiger partial charge in [-0.15, -0.1) is 17.3 Å². The minimum Gasteiger partial charge on any atom is -1.00 e. The second-order valence-corrected chi connectivity index (χ2v) is 2.20. The summed E-state index contributed by atoms with van der Waals surface area (Å²) in [4.78, 5) is 0. The van der Waals surface area contributed by atoms with Gasteiger partial charge in [0.1, 0.15) is 5.38 Å². The molecule has 0 N–H and O–H groups in total. The maximum atomic E-state index is 5.52. The van der Waals surface area contributed by atoms with Gasteiger partial charge in [-0.2, -0.15) is 0 Å². The van der Waals surface area contributed by atoms with Gasteiger partial charge in [0.15, 0.2) is 0 Å². The van der Waals surface area contributed by atoms with Crippen LogP contribution >= 0.6 is 23.2 Å². The topological polar surface area (TPSA) is 0 Å². The Morgan fingerprint density at radius 1 is 1.20 bits per heavy atom. The van der Waals surface area contributed by atoms with Crippen molar-refractivity contribution in [1.29, 1.82) is 0 Å². The van der Waals surface area contributed by atoms with Gasteiger partial charge < -0.3 is 24.0 Å². The summed E-state index contributed by atoms with van der Waals surface area (Å²) in [6, 6.07) is 0. The standard InChI is InChI=1S/C6H3Cl2.HI.Zn/c7-5-1-2-6(8)4-3-5;;/h1-3H;1H;/p-1. The molecule has 4 heteroatoms. The van der Waals surface area contributed by atoms with Crippen molar-refractivity contribution in [3.8, 4) is 0 Å². The van der Waals surface area contributed by atoms with Gasteiger partial charge in [0, 0.05) is 19.5 Å². The molecular formula is C6H3Cl2IZn-. The normalized spacial score (nSPS) is 15.2. The zero-order valence-corrected chi connectivity index (χ0v) is 11.7. The van der Waals surface area contributed by atoms with Crippen LogP contribution in [0.3, 0.4) is 0 Å². The molecule has 0 saturated carbocycles. The smallest absolute Gasteiger partial charge is 0.115 e. The van der Waals surface area contributed by atoms with Gasteiger partial charge >= 0.3 is 0 Å². The molecule has 0 bridgehead atoms. The zero-order chi connectivity index (χ0) is 5.98. The Bertz CT molecular complexity index is 182. The number of hydrogen-bond donors (Lipinski definition) is 0. The largest absolute Gasteiger partial charge is 1.00 e. The van der Waals surface area contributed by atoms with Crippen LogP contribution < -0.4 is 24.0 Å². The molecule has 0 nitrogen and oxygen atoms in total. The van der Waals surface area contributed by atoms with Gasteiger partial charge in [-0.1, -0.05) is 17.7 Å². The molecule has 10 heavy (non-hydrogen) atoms. The van der Waals surface area contributed by atoms with E-state index in [1.54, 1.807) is 18.2 Å². The maximum Gasteiger partial charge on any atom is 0.115 e. The summed E-state index contributed by atoms with van der Waals surface area (Å²) >= 11 is 11.0. The summed E-state index contributed by atoms with van der Waals surface area (Å²) in [7, 11) is 0. The van der Waals surface area contributed by atoms with Crippen LogP contribution in [0.1, 0.15) is 0 Å². The fourth-order valence-electron chi connectivity index (χ4n) is 0.387. The predicted octanol–water partition coefficient (Wildman–Crippen LogP) is -0.394. The van der Waals surface area contributed by atoms with Crippen LogP contribution in [0.15, 0.2) is 29.0 Å². The van der Waals surface area contributed by atoms with E-state index in [2.05, 4.69) is 5.73 Å². The van der Waals surface area contributed by atoms with Crippen molar-refractivity contribution >= 4 is 23.2 Å². The van der Waals surface area contributed by atoms with Crippen molar-refractivity contribution in [3.63, 3.8) is 0 Å². The minimum atomic E-state index is 0. The van der Waals surface area contributed by atoms with Crippen molar-refractivity contribution in [1.82, 2.24) is 0 Å². The fourth-order valence-corrected chi connectivity index (χ4v) is 0.622. The van der Waals surface area contributed by atoms with Gasteiger partial charge in [-0.3, -0.25) is 0 Å². The Morgan fingerprint density at radius 3 is 2.10 bits per heavy atom. The number of allylic oxidation sites excluding steroid dienone is 3. The minimum absolute atomic E-state index is 0. The van der Waals surface area contributed by atoms with E-state index in [0.29, 0.717) is 10.4 Å². The van der Waals surface area contributed by atoms with Crippen LogP contribution in [-0.4, -0.2) is 0 Å². The molecule has 0 aromatic heterocycles. The van der Waals surface area contributed by atoms with Crippen LogP contribution in [0.25, 0.3) is 0 Å². The number of halogens is 3. The molecule has 0 aromatic rings. The quantitative estimate of drug-likeness (QED) is 0.321. The molecule has 51 valence electrons. The van der Waals surface area contributed by atoms with Crippen molar-refractivity contribution in [3.05, 3.63) is 34.4 Å². The third-order valence-corrected chi connectivity index (χ3v) is 1.21. The summed E-state index contributed by atoms with van der Waals surface area (Å²) in [5.41, 5.74) is 2.73. The SMILES string of the molecule is Cl[C]1C=C=C(Cl)C=C1.[I-].[Zn]. The Balaban J connectivity index is 0. The average molecular weight is 338 g/mol. The molecule has 1 aliphatic carbocycles. The molecule has 1 radical (unpaired) electrons. The molecular weight excluding hydrogens is 335 g/mol. The van der Waals surface area contributed by atoms with Gasteiger partial charge in [-0.25, -0.2) is 0 Å². The molecule has 0 atom stereocenters. The molecule has 0 unspecified atom stereocenters. The molecule has 0 saturated heterocycles. The van der Waals surface area contributed by atoms with Gasteiger partial charge in [-0.05, 0) is 12.2 Å². The molecule has 0 fully saturated rings. The first-order valence-corrected chi connectivity index (χ1v) is 2.87. The molecule has 0 heterocycles. The van der Waals surface area contributed by atoms with Crippen LogP contribution in [0.2, 0.25) is 0 Å². The summed E-state index contributed by atoms with van der Waals surface area (Å²) in [5.74, 6) is 0. The first kappa shape index (κ1) is 13.8. The van der Waals surface area contributed by atoms with Crippen LogP contribution in [0.4, 0.5) is 0 Å². The third kappa shape index (κ3) is 4.93. The maximum absolute atomic E-state index is 5.52. The third-order valence-electron chi connectivity index (χ3n) is 0.737. The first-order valence-electron chi connectivity index (χ1n) is 2.12. The van der Waals surface area contributed by atoms with Crippen LogP contribution in [-0.2, 0) is 19.5 Å². The van der Waals surface area contributed by atoms with E-state index in [1.807, 2.05) is 0 Å². The van der Waals surface area contributed by atoms with E-state index in [0.717, 1.165) is 0 Å². The van der Waals surface area contributed by atoms with Crippen molar-refractivity contribution in [2.24, 2.45) is 0 Å². The Kier molecular flexibility index (Phi) is 9.46. The van der Waals surface area contributed by atoms with Gasteiger partial charge in [0.25, 0.3) is 0 Å². The second-order valence-electron chi connectivity index (χ2n) is 1.35. The first-order chi connectivity index (χ1) is 3.79. The average Bonchev–Trinajstić information content (AvgIpc) is 1.77. The second kappa shape index (κ2) is 6.88. The number of hydrogen-bond acceptors (Lipinski definition) is 0. The summed E-state index contributed by atoms with van der Waals surface area (Å²) < 4.78 is 0. The monoisotopic (exact) mass is 336 g/mol. The van der Waals surface area contributed by atoms with E-state index >= 15 is 0 Å². The molecule has 0 spiro atoms. The van der Waals surface area contributed by atoms with Crippen molar-refractivity contribution in [2.45, 2.75) is 0 Å². The van der Waals surface area contributed by atoms with E-state index in [4.69, 9.17) is 23.2 Å². The predicted molar refractivity (Wildman–Crippen MR) is 35.7 cm³/mol. The molecule has 0 amide bonds. The van der Waals surface area contributed by atoms with E-state index in [1.165, 1.54) is 0 Å². The molecule has 0 aliphatic heterocycles. The molecule has 0 aromatic carbocycles. The van der Waals surface area contributed by atoms with Gasteiger partial charge in [0.2, 0.25) is 0 Å². The molecule has 1 rings (SSSR count). The fraction of sp³-hybridized carbons (Fsp3) is 0. The molecule has 1 aliphatic rings. The summed E-state index contributed by atoms with van der Waals surface area (Å²) in [5, 5.41) is 1.25. The van der Waals surface area contributed by atoms with E-state index < -0.39 is 0 Å². The Labute approximate surface area is 100 Å². The van der Waals surface area contributed by atoms with E-state index in [9.17, 15) is 0 Å². The Hall–Kier alpha value is 1.19. The Morgan fingerprint density at radius 2 is 1.80 bits per heavy atom. The summed E-state index contributed by atoms with van der Waals surface area (Å²) in [6.07, 6.45) is 5.05. The van der Waals surface area contributed by atoms with Crippen molar-refractivity contribution < 1.29 is 43.5 Å². The van der Waals surface area contributed by atoms with Crippen LogP contribution in [0.5, 0.6) is 0 Å². The zero-order valence-electron chi connectivity index (χ0n) is 5.07. The van der Waals surface area contributed by atoms with Crippen molar-refractivity contribution in [2.75, 3.05) is 0 Å². The summed E-state index contributed by atoms with van der Waals surface area (Å²) in [6.45, 7) is 0. The number of rotatable bonds is 0.